The molecule has 0 saturated heterocycles. The lowest BCUT2D eigenvalue weighted by Crippen LogP contribution is -2.09. The Labute approximate surface area is 124 Å². The summed E-state index contributed by atoms with van der Waals surface area (Å²) in [7, 11) is 0. The van der Waals surface area contributed by atoms with Gasteiger partial charge in [-0.2, -0.15) is 10.4 Å². The minimum Gasteiger partial charge on any atom is -0.378 e. The standard InChI is InChI=1S/C15H17ClN4/c1-4-20-14(15(16)11(3)19-20)9-18-13-7-5-6-10(2)12(13)8-17/h5-7,18H,4,9H2,1-3H3. The number of hydrogen-bond donors (Lipinski definition) is 1. The molecule has 0 aliphatic heterocycles. The first-order valence-electron chi connectivity index (χ1n) is 6.53. The Morgan fingerprint density at radius 2 is 2.15 bits per heavy atom. The number of hydrogen-bond acceptors (Lipinski definition) is 3. The molecular weight excluding hydrogens is 272 g/mol. The Bertz CT molecular complexity index is 667. The Hall–Kier alpha value is -1.99. The Morgan fingerprint density at radius 3 is 2.80 bits per heavy atom. The third-order valence-electron chi connectivity index (χ3n) is 3.28. The first-order chi connectivity index (χ1) is 9.58. The van der Waals surface area contributed by atoms with Crippen LogP contribution in [0.2, 0.25) is 5.02 Å². The van der Waals surface area contributed by atoms with E-state index in [0.29, 0.717) is 17.1 Å². The lowest BCUT2D eigenvalue weighted by Gasteiger charge is -2.11. The normalized spacial score (nSPS) is 10.3. The molecule has 0 unspecified atom stereocenters. The zero-order valence-electron chi connectivity index (χ0n) is 11.9. The smallest absolute Gasteiger partial charge is 0.102 e. The molecule has 0 atom stereocenters. The highest BCUT2D eigenvalue weighted by molar-refractivity contribution is 6.31. The van der Waals surface area contributed by atoms with Gasteiger partial charge in [0, 0.05) is 6.54 Å². The van der Waals surface area contributed by atoms with E-state index in [1.165, 1.54) is 0 Å². The molecule has 0 fully saturated rings. The van der Waals surface area contributed by atoms with Gasteiger partial charge in [-0.3, -0.25) is 4.68 Å². The van der Waals surface area contributed by atoms with Crippen LogP contribution in [0.1, 0.15) is 29.4 Å². The maximum absolute atomic E-state index is 9.22. The second-order valence-electron chi connectivity index (χ2n) is 4.62. The summed E-state index contributed by atoms with van der Waals surface area (Å²) in [6.07, 6.45) is 0. The summed E-state index contributed by atoms with van der Waals surface area (Å²) in [5.74, 6) is 0. The van der Waals surface area contributed by atoms with Gasteiger partial charge in [0.15, 0.2) is 0 Å². The predicted molar refractivity (Wildman–Crippen MR) is 80.9 cm³/mol. The van der Waals surface area contributed by atoms with Crippen LogP contribution >= 0.6 is 11.6 Å². The topological polar surface area (TPSA) is 53.6 Å². The molecule has 1 N–H and O–H groups in total. The summed E-state index contributed by atoms with van der Waals surface area (Å²) < 4.78 is 1.88. The highest BCUT2D eigenvalue weighted by atomic mass is 35.5. The molecule has 0 saturated carbocycles. The number of halogens is 1. The van der Waals surface area contributed by atoms with Crippen molar-refractivity contribution in [2.45, 2.75) is 33.9 Å². The van der Waals surface area contributed by atoms with Gasteiger partial charge >= 0.3 is 0 Å². The number of aromatic nitrogens is 2. The van der Waals surface area contributed by atoms with Crippen molar-refractivity contribution < 1.29 is 0 Å². The number of aryl methyl sites for hydroxylation is 3. The van der Waals surface area contributed by atoms with Crippen LogP contribution in [-0.4, -0.2) is 9.78 Å². The summed E-state index contributed by atoms with van der Waals surface area (Å²) in [6.45, 7) is 7.16. The monoisotopic (exact) mass is 288 g/mol. The molecule has 0 aliphatic rings. The highest BCUT2D eigenvalue weighted by Gasteiger charge is 2.13. The average molecular weight is 289 g/mol. The van der Waals surface area contributed by atoms with E-state index in [9.17, 15) is 5.26 Å². The molecule has 0 radical (unpaired) electrons. The minimum absolute atomic E-state index is 0.547. The van der Waals surface area contributed by atoms with Gasteiger partial charge in [-0.25, -0.2) is 0 Å². The Kier molecular flexibility index (Phi) is 4.31. The first-order valence-corrected chi connectivity index (χ1v) is 6.91. The van der Waals surface area contributed by atoms with Gasteiger partial charge in [0.1, 0.15) is 6.07 Å². The maximum atomic E-state index is 9.22. The summed E-state index contributed by atoms with van der Waals surface area (Å²) in [5, 5.41) is 17.6. The molecule has 0 aliphatic carbocycles. The Morgan fingerprint density at radius 1 is 1.40 bits per heavy atom. The first kappa shape index (κ1) is 14.4. The summed E-state index contributed by atoms with van der Waals surface area (Å²) in [6, 6.07) is 7.99. The number of rotatable bonds is 4. The fraction of sp³-hybridized carbons (Fsp3) is 0.333. The van der Waals surface area contributed by atoms with Gasteiger partial charge in [0.2, 0.25) is 0 Å². The number of anilines is 1. The van der Waals surface area contributed by atoms with E-state index in [4.69, 9.17) is 11.6 Å². The van der Waals surface area contributed by atoms with E-state index >= 15 is 0 Å². The maximum Gasteiger partial charge on any atom is 0.102 e. The van der Waals surface area contributed by atoms with Crippen LogP contribution in [0, 0.1) is 25.2 Å². The Balaban J connectivity index is 2.26. The van der Waals surface area contributed by atoms with Gasteiger partial charge in [-0.05, 0) is 32.4 Å². The van der Waals surface area contributed by atoms with Crippen molar-refractivity contribution in [1.29, 1.82) is 5.26 Å². The molecule has 2 rings (SSSR count). The van der Waals surface area contributed by atoms with Crippen molar-refractivity contribution in [3.05, 3.63) is 45.7 Å². The fourth-order valence-electron chi connectivity index (χ4n) is 2.18. The quantitative estimate of drug-likeness (QED) is 0.934. The van der Waals surface area contributed by atoms with Crippen LogP contribution in [0.4, 0.5) is 5.69 Å². The van der Waals surface area contributed by atoms with Gasteiger partial charge in [-0.15, -0.1) is 0 Å². The molecule has 0 amide bonds. The second-order valence-corrected chi connectivity index (χ2v) is 5.00. The number of benzene rings is 1. The molecule has 1 aromatic heterocycles. The molecule has 1 aromatic carbocycles. The van der Waals surface area contributed by atoms with Crippen LogP contribution in [0.25, 0.3) is 0 Å². The van der Waals surface area contributed by atoms with Gasteiger partial charge < -0.3 is 5.32 Å². The van der Waals surface area contributed by atoms with Crippen molar-refractivity contribution in [3.8, 4) is 6.07 Å². The van der Waals surface area contributed by atoms with Crippen molar-refractivity contribution >= 4 is 17.3 Å². The van der Waals surface area contributed by atoms with Gasteiger partial charge in [-0.1, -0.05) is 23.7 Å². The average Bonchev–Trinajstić information content (AvgIpc) is 2.72. The van der Waals surface area contributed by atoms with Crippen molar-refractivity contribution in [2.75, 3.05) is 5.32 Å². The SMILES string of the molecule is CCn1nc(C)c(Cl)c1CNc1cccc(C)c1C#N. The van der Waals surface area contributed by atoms with E-state index < -0.39 is 0 Å². The molecule has 20 heavy (non-hydrogen) atoms. The number of nitriles is 1. The molecule has 4 nitrogen and oxygen atoms in total. The molecule has 5 heteroatoms. The summed E-state index contributed by atoms with van der Waals surface area (Å²) in [4.78, 5) is 0. The van der Waals surface area contributed by atoms with Crippen LogP contribution in [0.5, 0.6) is 0 Å². The fourth-order valence-corrected chi connectivity index (χ4v) is 2.38. The molecule has 1 heterocycles. The summed E-state index contributed by atoms with van der Waals surface area (Å²) in [5.41, 5.74) is 4.23. The largest absolute Gasteiger partial charge is 0.378 e. The van der Waals surface area contributed by atoms with Gasteiger partial charge in [0.25, 0.3) is 0 Å². The van der Waals surface area contributed by atoms with Crippen LogP contribution in [0.3, 0.4) is 0 Å². The van der Waals surface area contributed by atoms with E-state index in [1.54, 1.807) is 0 Å². The zero-order valence-corrected chi connectivity index (χ0v) is 12.6. The van der Waals surface area contributed by atoms with E-state index in [2.05, 4.69) is 16.5 Å². The lowest BCUT2D eigenvalue weighted by atomic mass is 10.1. The highest BCUT2D eigenvalue weighted by Crippen LogP contribution is 2.23. The van der Waals surface area contributed by atoms with E-state index in [1.807, 2.05) is 43.7 Å². The zero-order chi connectivity index (χ0) is 14.7. The molecular formula is C15H17ClN4. The van der Waals surface area contributed by atoms with Gasteiger partial charge in [0.05, 0.1) is 34.2 Å². The molecule has 0 spiro atoms. The molecule has 104 valence electrons. The van der Waals surface area contributed by atoms with Crippen molar-refractivity contribution in [3.63, 3.8) is 0 Å². The van der Waals surface area contributed by atoms with Crippen LogP contribution in [0.15, 0.2) is 18.2 Å². The number of nitrogens with zero attached hydrogens (tertiary/aromatic N) is 3. The minimum atomic E-state index is 0.547. The van der Waals surface area contributed by atoms with E-state index in [-0.39, 0.29) is 0 Å². The number of nitrogens with one attached hydrogen (secondary N) is 1. The van der Waals surface area contributed by atoms with E-state index in [0.717, 1.165) is 29.2 Å². The van der Waals surface area contributed by atoms with Crippen molar-refractivity contribution in [2.24, 2.45) is 0 Å². The third kappa shape index (κ3) is 2.63. The third-order valence-corrected chi connectivity index (χ3v) is 3.78. The summed E-state index contributed by atoms with van der Waals surface area (Å²) >= 11 is 6.28. The second kappa shape index (κ2) is 5.98. The van der Waals surface area contributed by atoms with Crippen LogP contribution < -0.4 is 5.32 Å². The predicted octanol–water partition coefficient (Wildman–Crippen LogP) is 3.66. The van der Waals surface area contributed by atoms with Crippen LogP contribution in [-0.2, 0) is 13.1 Å². The molecule has 2 aromatic rings. The molecule has 0 bridgehead atoms. The van der Waals surface area contributed by atoms with Crippen molar-refractivity contribution in [1.82, 2.24) is 9.78 Å². The lowest BCUT2D eigenvalue weighted by molar-refractivity contribution is 0.623.